The van der Waals surface area contributed by atoms with Gasteiger partial charge in [-0.25, -0.2) is 14.6 Å². The van der Waals surface area contributed by atoms with Crippen LogP contribution in [0.3, 0.4) is 0 Å². The van der Waals surface area contributed by atoms with Crippen molar-refractivity contribution in [3.05, 3.63) is 58.1 Å². The molecule has 248 valence electrons. The second kappa shape index (κ2) is 13.6. The maximum atomic E-state index is 13.7. The first-order chi connectivity index (χ1) is 21.6. The van der Waals surface area contributed by atoms with E-state index in [1.165, 1.54) is 16.9 Å². The van der Waals surface area contributed by atoms with Crippen molar-refractivity contribution in [3.8, 4) is 0 Å². The summed E-state index contributed by atoms with van der Waals surface area (Å²) < 4.78 is 5.45. The number of amides is 4. The van der Waals surface area contributed by atoms with Crippen molar-refractivity contribution in [1.82, 2.24) is 25.4 Å². The molecule has 4 amide bonds. The number of nitrogens with one attached hydrogen (secondary N) is 3. The van der Waals surface area contributed by atoms with Crippen molar-refractivity contribution in [3.63, 3.8) is 0 Å². The molecule has 0 bridgehead atoms. The number of carbonyl (C=O) groups excluding carboxylic acids is 3. The molecule has 0 spiro atoms. The van der Waals surface area contributed by atoms with E-state index in [1.807, 2.05) is 37.4 Å². The lowest BCUT2D eigenvalue weighted by molar-refractivity contribution is 0.0520. The minimum Gasteiger partial charge on any atom is -0.444 e. The second-order valence-electron chi connectivity index (χ2n) is 14.7. The van der Waals surface area contributed by atoms with E-state index >= 15 is 0 Å². The van der Waals surface area contributed by atoms with Crippen LogP contribution in [0.4, 0.5) is 15.3 Å². The zero-order valence-electron chi connectivity index (χ0n) is 28.2. The van der Waals surface area contributed by atoms with E-state index in [-0.39, 0.29) is 23.9 Å². The van der Waals surface area contributed by atoms with Crippen LogP contribution in [-0.2, 0) is 17.6 Å². The van der Waals surface area contributed by atoms with Gasteiger partial charge in [-0.2, -0.15) is 0 Å². The smallest absolute Gasteiger partial charge is 0.407 e. The summed E-state index contributed by atoms with van der Waals surface area (Å²) in [5, 5.41) is 9.89. The number of carbonyl (C=O) groups is 3. The van der Waals surface area contributed by atoms with Crippen LogP contribution in [0.15, 0.2) is 36.4 Å². The standard InChI is InChI=1S/C35H48N6O4S/c1-34(2,3)25-11-12-27-23(18-25)17-24-20-29(46-31(24)39-27)30(42)38-28(21-36-33(44)45-35(4,5)6)22-9-8-10-26(19-22)37-32(43)41-15-13-40(7)14-16-41/h8-10,17,19-20,25,28H,11-16,18,21H2,1-7H3,(H,36,44)(H,37,43)(H,38,42). The van der Waals surface area contributed by atoms with Crippen LogP contribution in [0.2, 0.25) is 0 Å². The number of urea groups is 1. The highest BCUT2D eigenvalue weighted by Crippen LogP contribution is 2.38. The molecule has 3 aromatic rings. The lowest BCUT2D eigenvalue weighted by Crippen LogP contribution is -2.48. The molecule has 1 saturated heterocycles. The van der Waals surface area contributed by atoms with E-state index in [9.17, 15) is 14.4 Å². The number of hydrogen-bond acceptors (Lipinski definition) is 7. The molecule has 0 radical (unpaired) electrons. The number of aromatic nitrogens is 1. The quantitative estimate of drug-likeness (QED) is 0.292. The van der Waals surface area contributed by atoms with Crippen LogP contribution in [0.25, 0.3) is 10.2 Å². The summed E-state index contributed by atoms with van der Waals surface area (Å²) in [6.45, 7) is 15.4. The highest BCUT2D eigenvalue weighted by atomic mass is 32.1. The SMILES string of the molecule is CN1CCN(C(=O)Nc2cccc(C(CNC(=O)OC(C)(C)C)NC(=O)c3cc4cc5c(nc4s3)CCC(C(C)(C)C)C5)c2)CC1. The van der Waals surface area contributed by atoms with Crippen LogP contribution in [-0.4, -0.2) is 78.2 Å². The Morgan fingerprint density at radius 1 is 1.04 bits per heavy atom. The third-order valence-electron chi connectivity index (χ3n) is 8.81. The molecule has 2 aromatic heterocycles. The average molecular weight is 649 g/mol. The lowest BCUT2D eigenvalue weighted by Gasteiger charge is -2.34. The molecule has 1 aliphatic carbocycles. The van der Waals surface area contributed by atoms with Gasteiger partial charge in [0, 0.05) is 49.5 Å². The van der Waals surface area contributed by atoms with E-state index in [1.54, 1.807) is 25.7 Å². The van der Waals surface area contributed by atoms with Gasteiger partial charge in [0.25, 0.3) is 5.91 Å². The van der Waals surface area contributed by atoms with Gasteiger partial charge in [-0.05, 0) is 93.8 Å². The molecule has 3 N–H and O–H groups in total. The number of piperazine rings is 1. The predicted molar refractivity (Wildman–Crippen MR) is 184 cm³/mol. The lowest BCUT2D eigenvalue weighted by atomic mass is 9.71. The van der Waals surface area contributed by atoms with E-state index in [0.29, 0.717) is 29.6 Å². The molecule has 46 heavy (non-hydrogen) atoms. The minimum absolute atomic E-state index is 0.0994. The Kier molecular flexibility index (Phi) is 9.93. The number of ether oxygens (including phenoxy) is 1. The maximum Gasteiger partial charge on any atom is 0.407 e. The number of rotatable bonds is 6. The zero-order chi connectivity index (χ0) is 33.2. The molecule has 3 heterocycles. The Morgan fingerprint density at radius 2 is 1.78 bits per heavy atom. The minimum atomic E-state index is -0.660. The highest BCUT2D eigenvalue weighted by Gasteiger charge is 2.30. The first-order valence-corrected chi connectivity index (χ1v) is 17.0. The van der Waals surface area contributed by atoms with Crippen LogP contribution in [0.1, 0.15) is 80.5 Å². The van der Waals surface area contributed by atoms with E-state index in [4.69, 9.17) is 9.72 Å². The molecule has 1 aromatic carbocycles. The molecule has 5 rings (SSSR count). The molecule has 0 saturated carbocycles. The zero-order valence-corrected chi connectivity index (χ0v) is 29.0. The third-order valence-corrected chi connectivity index (χ3v) is 9.85. The largest absolute Gasteiger partial charge is 0.444 e. The molecule has 1 fully saturated rings. The first kappa shape index (κ1) is 33.7. The van der Waals surface area contributed by atoms with E-state index < -0.39 is 17.7 Å². The molecule has 2 unspecified atom stereocenters. The van der Waals surface area contributed by atoms with Gasteiger partial charge < -0.3 is 30.5 Å². The number of benzene rings is 1. The van der Waals surface area contributed by atoms with Gasteiger partial charge in [0.05, 0.1) is 10.9 Å². The van der Waals surface area contributed by atoms with Gasteiger partial charge >= 0.3 is 12.1 Å². The Hall–Kier alpha value is -3.70. The summed E-state index contributed by atoms with van der Waals surface area (Å²) in [6.07, 6.45) is 2.50. The van der Waals surface area contributed by atoms with Crippen molar-refractivity contribution in [1.29, 1.82) is 0 Å². The van der Waals surface area contributed by atoms with Crippen molar-refractivity contribution >= 4 is 45.3 Å². The fourth-order valence-electron chi connectivity index (χ4n) is 6.00. The summed E-state index contributed by atoms with van der Waals surface area (Å²) in [5.74, 6) is 0.345. The van der Waals surface area contributed by atoms with E-state index in [2.05, 4.69) is 47.7 Å². The van der Waals surface area contributed by atoms with Crippen molar-refractivity contribution in [2.75, 3.05) is 45.1 Å². The molecule has 1 aliphatic heterocycles. The number of alkyl carbamates (subject to hydrolysis) is 1. The summed E-state index contributed by atoms with van der Waals surface area (Å²) in [4.78, 5) is 49.6. The van der Waals surface area contributed by atoms with Gasteiger partial charge in [-0.1, -0.05) is 32.9 Å². The molecular formula is C35H48N6O4S. The second-order valence-corrected chi connectivity index (χ2v) is 15.7. The summed E-state index contributed by atoms with van der Waals surface area (Å²) in [6, 6.07) is 10.7. The van der Waals surface area contributed by atoms with Crippen LogP contribution >= 0.6 is 11.3 Å². The highest BCUT2D eigenvalue weighted by molar-refractivity contribution is 7.20. The number of fused-ring (bicyclic) bond motifs is 2. The number of pyridine rings is 1. The number of aryl methyl sites for hydroxylation is 1. The fraction of sp³-hybridized carbons (Fsp3) is 0.543. The number of nitrogens with zero attached hydrogens (tertiary/aromatic N) is 3. The fourth-order valence-corrected chi connectivity index (χ4v) is 6.94. The molecule has 11 heteroatoms. The van der Waals surface area contributed by atoms with Gasteiger partial charge in [-0.15, -0.1) is 11.3 Å². The number of thiophene rings is 1. The monoisotopic (exact) mass is 648 g/mol. The Morgan fingerprint density at radius 3 is 2.48 bits per heavy atom. The Bertz CT molecular complexity index is 1580. The summed E-state index contributed by atoms with van der Waals surface area (Å²) in [7, 11) is 2.04. The topological polar surface area (TPSA) is 116 Å². The Balaban J connectivity index is 1.34. The molecule has 2 aliphatic rings. The van der Waals surface area contributed by atoms with Crippen LogP contribution in [0.5, 0.6) is 0 Å². The third kappa shape index (κ3) is 8.55. The predicted octanol–water partition coefficient (Wildman–Crippen LogP) is 6.22. The molecular weight excluding hydrogens is 600 g/mol. The Labute approximate surface area is 276 Å². The van der Waals surface area contributed by atoms with Gasteiger partial charge in [0.1, 0.15) is 10.4 Å². The summed E-state index contributed by atoms with van der Waals surface area (Å²) >= 11 is 1.38. The first-order valence-electron chi connectivity index (χ1n) is 16.2. The van der Waals surface area contributed by atoms with Crippen molar-refractivity contribution in [2.45, 2.75) is 72.4 Å². The normalized spacial score (nSPS) is 18.1. The number of hydrogen-bond donors (Lipinski definition) is 3. The molecule has 10 nitrogen and oxygen atoms in total. The van der Waals surface area contributed by atoms with Gasteiger partial charge in [0.2, 0.25) is 0 Å². The summed E-state index contributed by atoms with van der Waals surface area (Å²) in [5.41, 5.74) is 3.34. The van der Waals surface area contributed by atoms with Crippen LogP contribution < -0.4 is 16.0 Å². The average Bonchev–Trinajstić information content (AvgIpc) is 3.40. The van der Waals surface area contributed by atoms with E-state index in [0.717, 1.165) is 53.8 Å². The maximum absolute atomic E-state index is 13.7. The van der Waals surface area contributed by atoms with Crippen LogP contribution in [0, 0.1) is 11.3 Å². The number of likely N-dealkylation sites (N-methyl/N-ethyl adjacent to an activating group) is 1. The van der Waals surface area contributed by atoms with Gasteiger partial charge in [-0.3, -0.25) is 4.79 Å². The van der Waals surface area contributed by atoms with Gasteiger partial charge in [0.15, 0.2) is 0 Å². The number of anilines is 1. The van der Waals surface area contributed by atoms with Crippen molar-refractivity contribution in [2.24, 2.45) is 11.3 Å². The van der Waals surface area contributed by atoms with Crippen molar-refractivity contribution < 1.29 is 19.1 Å². The molecule has 2 atom stereocenters.